The summed E-state index contributed by atoms with van der Waals surface area (Å²) in [5.74, 6) is -4.90. The van der Waals surface area contributed by atoms with Gasteiger partial charge in [-0.3, -0.25) is 9.59 Å². The van der Waals surface area contributed by atoms with Crippen LogP contribution >= 0.6 is 23.2 Å². The average Bonchev–Trinajstić information content (AvgIpc) is 1.54. The van der Waals surface area contributed by atoms with Crippen LogP contribution in [0.15, 0.2) is 0 Å². The number of aliphatic carboxylic acids is 2. The minimum Gasteiger partial charge on any atom is -0.481 e. The van der Waals surface area contributed by atoms with Crippen molar-refractivity contribution in [1.29, 1.82) is 0 Å². The second-order valence-electron chi connectivity index (χ2n) is 2.07. The highest BCUT2D eigenvalue weighted by Crippen LogP contribution is 2.30. The Morgan fingerprint density at radius 2 is 1.55 bits per heavy atom. The first-order chi connectivity index (χ1) is 4.76. The maximum atomic E-state index is 10.2. The maximum absolute atomic E-state index is 10.2. The van der Waals surface area contributed by atoms with Gasteiger partial charge in [-0.05, 0) is 6.92 Å². The van der Waals surface area contributed by atoms with E-state index in [1.807, 2.05) is 0 Å². The van der Waals surface area contributed by atoms with Crippen LogP contribution in [-0.4, -0.2) is 26.5 Å². The van der Waals surface area contributed by atoms with E-state index in [9.17, 15) is 9.59 Å². The molecule has 6 heteroatoms. The number of hydrogen-bond acceptors (Lipinski definition) is 2. The number of carboxylic acids is 2. The Morgan fingerprint density at radius 3 is 1.55 bits per heavy atom. The van der Waals surface area contributed by atoms with Crippen molar-refractivity contribution in [2.75, 3.05) is 0 Å². The molecule has 0 aliphatic heterocycles. The van der Waals surface area contributed by atoms with Gasteiger partial charge in [0.25, 0.3) is 0 Å². The summed E-state index contributed by atoms with van der Waals surface area (Å²) in [7, 11) is 0. The predicted octanol–water partition coefficient (Wildman–Crippen LogP) is 0.966. The second-order valence-corrected chi connectivity index (χ2v) is 3.83. The van der Waals surface area contributed by atoms with Crippen molar-refractivity contribution in [3.05, 3.63) is 0 Å². The van der Waals surface area contributed by atoms with Gasteiger partial charge in [-0.25, -0.2) is 0 Å². The van der Waals surface area contributed by atoms with Crippen molar-refractivity contribution in [1.82, 2.24) is 0 Å². The summed E-state index contributed by atoms with van der Waals surface area (Å²) in [6.07, 6.45) is 0. The van der Waals surface area contributed by atoms with Crippen molar-refractivity contribution in [2.24, 2.45) is 5.92 Å². The van der Waals surface area contributed by atoms with E-state index in [0.29, 0.717) is 0 Å². The lowest BCUT2D eigenvalue weighted by Crippen LogP contribution is -2.36. The highest BCUT2D eigenvalue weighted by molar-refractivity contribution is 6.50. The number of halogens is 2. The molecule has 0 radical (unpaired) electrons. The molecule has 0 saturated carbocycles. The van der Waals surface area contributed by atoms with Crippen LogP contribution in [0.25, 0.3) is 0 Å². The fraction of sp³-hybridized carbons (Fsp3) is 0.600. The number of rotatable bonds is 3. The van der Waals surface area contributed by atoms with Crippen molar-refractivity contribution in [3.8, 4) is 0 Å². The predicted molar refractivity (Wildman–Crippen MR) is 38.9 cm³/mol. The SMILES string of the molecule is CC(Cl)(Cl)C(C(=O)O)C(=O)O. The fourth-order valence-electron chi connectivity index (χ4n) is 0.539. The first-order valence-corrected chi connectivity index (χ1v) is 3.36. The molecule has 0 saturated heterocycles. The highest BCUT2D eigenvalue weighted by atomic mass is 35.5. The summed E-state index contributed by atoms with van der Waals surface area (Å²) in [6, 6.07) is 0. The van der Waals surface area contributed by atoms with E-state index < -0.39 is 22.2 Å². The zero-order valence-corrected chi connectivity index (χ0v) is 7.06. The van der Waals surface area contributed by atoms with Crippen molar-refractivity contribution in [2.45, 2.75) is 11.3 Å². The van der Waals surface area contributed by atoms with Crippen molar-refractivity contribution in [3.63, 3.8) is 0 Å². The Morgan fingerprint density at radius 1 is 1.27 bits per heavy atom. The molecule has 64 valence electrons. The lowest BCUT2D eigenvalue weighted by molar-refractivity contribution is -0.154. The van der Waals surface area contributed by atoms with E-state index in [1.54, 1.807) is 0 Å². The molecule has 0 fully saturated rings. The molecule has 2 N–H and O–H groups in total. The van der Waals surface area contributed by atoms with Gasteiger partial charge >= 0.3 is 11.9 Å². The standard InChI is InChI=1S/C5H6Cl2O4/c1-5(6,7)2(3(8)9)4(10)11/h2H,1H3,(H,8,9)(H,10,11). The molecule has 0 rings (SSSR count). The molecular weight excluding hydrogens is 195 g/mol. The van der Waals surface area contributed by atoms with Gasteiger partial charge in [0.1, 0.15) is 4.33 Å². The molecule has 0 aromatic heterocycles. The summed E-state index contributed by atoms with van der Waals surface area (Å²) in [5, 5.41) is 16.7. The normalized spacial score (nSPS) is 11.6. The van der Waals surface area contributed by atoms with Crippen LogP contribution in [0.3, 0.4) is 0 Å². The van der Waals surface area contributed by atoms with E-state index in [0.717, 1.165) is 6.92 Å². The van der Waals surface area contributed by atoms with Gasteiger partial charge in [0.2, 0.25) is 0 Å². The molecule has 0 atom stereocenters. The minimum absolute atomic E-state index is 1.11. The van der Waals surface area contributed by atoms with Crippen molar-refractivity contribution >= 4 is 35.1 Å². The van der Waals surface area contributed by atoms with Crippen LogP contribution in [0.5, 0.6) is 0 Å². The van der Waals surface area contributed by atoms with Crippen LogP contribution in [0.2, 0.25) is 0 Å². The monoisotopic (exact) mass is 200 g/mol. The Bertz CT molecular complexity index is 169. The van der Waals surface area contributed by atoms with E-state index in [-0.39, 0.29) is 0 Å². The molecular formula is C5H6Cl2O4. The van der Waals surface area contributed by atoms with Crippen LogP contribution in [0.1, 0.15) is 6.92 Å². The topological polar surface area (TPSA) is 74.6 Å². The number of carboxylic acid groups (broad SMARTS) is 2. The minimum atomic E-state index is -1.80. The molecule has 0 aromatic rings. The quantitative estimate of drug-likeness (QED) is 0.526. The van der Waals surface area contributed by atoms with Crippen LogP contribution in [0, 0.1) is 5.92 Å². The lowest BCUT2D eigenvalue weighted by Gasteiger charge is -2.17. The third kappa shape index (κ3) is 2.95. The van der Waals surface area contributed by atoms with Crippen molar-refractivity contribution < 1.29 is 19.8 Å². The molecule has 0 aromatic carbocycles. The van der Waals surface area contributed by atoms with E-state index >= 15 is 0 Å². The smallest absolute Gasteiger partial charge is 0.321 e. The molecule has 0 heterocycles. The Balaban J connectivity index is 4.63. The van der Waals surface area contributed by atoms with Gasteiger partial charge in [-0.1, -0.05) is 0 Å². The van der Waals surface area contributed by atoms with E-state index in [4.69, 9.17) is 33.4 Å². The first-order valence-electron chi connectivity index (χ1n) is 2.60. The van der Waals surface area contributed by atoms with Gasteiger partial charge in [0.15, 0.2) is 5.92 Å². The lowest BCUT2D eigenvalue weighted by atomic mass is 10.1. The van der Waals surface area contributed by atoms with Crippen LogP contribution in [-0.2, 0) is 9.59 Å². The molecule has 4 nitrogen and oxygen atoms in total. The molecule has 0 amide bonds. The van der Waals surface area contributed by atoms with Gasteiger partial charge < -0.3 is 10.2 Å². The van der Waals surface area contributed by atoms with Gasteiger partial charge in [-0.2, -0.15) is 0 Å². The molecule has 0 spiro atoms. The number of hydrogen-bond donors (Lipinski definition) is 2. The largest absolute Gasteiger partial charge is 0.481 e. The maximum Gasteiger partial charge on any atom is 0.321 e. The summed E-state index contributed by atoms with van der Waals surface area (Å²) in [4.78, 5) is 20.5. The third-order valence-corrected chi connectivity index (χ3v) is 1.44. The molecule has 0 unspecified atom stereocenters. The van der Waals surface area contributed by atoms with Gasteiger partial charge in [0, 0.05) is 0 Å². The molecule has 0 bridgehead atoms. The van der Waals surface area contributed by atoms with Gasteiger partial charge in [-0.15, -0.1) is 23.2 Å². The fourth-order valence-corrected chi connectivity index (χ4v) is 0.913. The summed E-state index contributed by atoms with van der Waals surface area (Å²) >= 11 is 10.6. The molecule has 0 aliphatic carbocycles. The Hall–Kier alpha value is -0.480. The van der Waals surface area contributed by atoms with E-state index in [1.165, 1.54) is 0 Å². The molecule has 0 aliphatic rings. The number of carbonyl (C=O) groups is 2. The highest BCUT2D eigenvalue weighted by Gasteiger charge is 2.42. The van der Waals surface area contributed by atoms with E-state index in [2.05, 4.69) is 0 Å². The van der Waals surface area contributed by atoms with Crippen LogP contribution in [0.4, 0.5) is 0 Å². The average molecular weight is 201 g/mol. The summed E-state index contributed by atoms with van der Waals surface area (Å²) in [6.45, 7) is 1.11. The molecule has 11 heavy (non-hydrogen) atoms. The second kappa shape index (κ2) is 3.28. The summed E-state index contributed by atoms with van der Waals surface area (Å²) in [5.41, 5.74) is 0. The van der Waals surface area contributed by atoms with Crippen LogP contribution < -0.4 is 0 Å². The zero-order chi connectivity index (χ0) is 9.23. The van der Waals surface area contributed by atoms with Gasteiger partial charge in [0.05, 0.1) is 0 Å². The number of alkyl halides is 2. The zero-order valence-electron chi connectivity index (χ0n) is 5.54. The first kappa shape index (κ1) is 10.5. The Labute approximate surface area is 72.7 Å². The third-order valence-electron chi connectivity index (χ3n) is 1.00. The summed E-state index contributed by atoms with van der Waals surface area (Å²) < 4.78 is -1.79. The Kier molecular flexibility index (Phi) is 3.13.